The Hall–Kier alpha value is -2.30. The number of ether oxygens (including phenoxy) is 2. The van der Waals surface area contributed by atoms with Crippen molar-refractivity contribution in [2.24, 2.45) is 0 Å². The van der Waals surface area contributed by atoms with Crippen molar-refractivity contribution in [1.82, 2.24) is 0 Å². The molecule has 0 radical (unpaired) electrons. The van der Waals surface area contributed by atoms with Crippen molar-refractivity contribution in [3.05, 3.63) is 40.2 Å². The second kappa shape index (κ2) is 5.77. The zero-order valence-corrected chi connectivity index (χ0v) is 11.6. The summed E-state index contributed by atoms with van der Waals surface area (Å²) in [6.45, 7) is 3.66. The van der Waals surface area contributed by atoms with Crippen LogP contribution in [0.15, 0.2) is 33.5 Å². The smallest absolute Gasteiger partial charge is 0.347 e. The third kappa shape index (κ3) is 2.82. The van der Waals surface area contributed by atoms with Crippen molar-refractivity contribution in [3.8, 4) is 5.75 Å². The van der Waals surface area contributed by atoms with Crippen LogP contribution >= 0.6 is 0 Å². The normalized spacial score (nSPS) is 12.2. The highest BCUT2D eigenvalue weighted by Gasteiger charge is 2.19. The molecule has 0 amide bonds. The van der Waals surface area contributed by atoms with Crippen LogP contribution in [0.2, 0.25) is 0 Å². The second-order valence-corrected chi connectivity index (χ2v) is 4.44. The molecule has 5 nitrogen and oxygen atoms in total. The van der Waals surface area contributed by atoms with Crippen LogP contribution in [-0.2, 0) is 9.53 Å². The Balaban J connectivity index is 2.36. The number of methoxy groups -OCH3 is 1. The minimum atomic E-state index is -0.672. The average molecular weight is 276 g/mol. The molecular weight excluding hydrogens is 260 g/mol. The predicted molar refractivity (Wildman–Crippen MR) is 73.9 cm³/mol. The van der Waals surface area contributed by atoms with E-state index >= 15 is 0 Å². The lowest BCUT2D eigenvalue weighted by Crippen LogP contribution is -2.27. The summed E-state index contributed by atoms with van der Waals surface area (Å²) in [5.74, 6) is 0.0294. The SMILES string of the molecule is CC[C@H](Oc1ccc2c(C)cc(=O)oc2c1)C(=O)OC. The van der Waals surface area contributed by atoms with Gasteiger partial charge in [-0.05, 0) is 31.0 Å². The number of hydrogen-bond donors (Lipinski definition) is 0. The molecule has 0 saturated heterocycles. The molecule has 0 aliphatic carbocycles. The van der Waals surface area contributed by atoms with Gasteiger partial charge in [0, 0.05) is 17.5 Å². The molecule has 2 rings (SSSR count). The fourth-order valence-electron chi connectivity index (χ4n) is 1.97. The van der Waals surface area contributed by atoms with Crippen LogP contribution in [0.25, 0.3) is 11.0 Å². The Kier molecular flexibility index (Phi) is 4.08. The van der Waals surface area contributed by atoms with Gasteiger partial charge < -0.3 is 13.9 Å². The maximum absolute atomic E-state index is 11.5. The van der Waals surface area contributed by atoms with E-state index in [0.717, 1.165) is 10.9 Å². The van der Waals surface area contributed by atoms with E-state index in [1.807, 2.05) is 13.8 Å². The lowest BCUT2D eigenvalue weighted by Gasteiger charge is -2.15. The summed E-state index contributed by atoms with van der Waals surface area (Å²) in [5, 5.41) is 0.836. The highest BCUT2D eigenvalue weighted by molar-refractivity contribution is 5.81. The molecule has 0 spiro atoms. The first-order valence-corrected chi connectivity index (χ1v) is 6.34. The van der Waals surface area contributed by atoms with Gasteiger partial charge in [0.25, 0.3) is 0 Å². The summed E-state index contributed by atoms with van der Waals surface area (Å²) in [7, 11) is 1.32. The van der Waals surface area contributed by atoms with Gasteiger partial charge in [0.15, 0.2) is 6.10 Å². The van der Waals surface area contributed by atoms with Crippen LogP contribution in [0.4, 0.5) is 0 Å². The molecule has 20 heavy (non-hydrogen) atoms. The zero-order valence-electron chi connectivity index (χ0n) is 11.6. The number of rotatable bonds is 4. The van der Waals surface area contributed by atoms with Crippen LogP contribution < -0.4 is 10.4 Å². The molecule has 0 unspecified atom stereocenters. The van der Waals surface area contributed by atoms with Crippen LogP contribution in [-0.4, -0.2) is 19.2 Å². The molecule has 1 heterocycles. The van der Waals surface area contributed by atoms with Gasteiger partial charge in [-0.1, -0.05) is 6.92 Å². The standard InChI is InChI=1S/C15H16O5/c1-4-12(15(17)18-3)19-10-5-6-11-9(2)7-14(16)20-13(11)8-10/h5-8,12H,4H2,1-3H3/t12-/m0/s1. The fourth-order valence-corrected chi connectivity index (χ4v) is 1.97. The average Bonchev–Trinajstić information content (AvgIpc) is 2.43. The van der Waals surface area contributed by atoms with Crippen LogP contribution in [0, 0.1) is 6.92 Å². The van der Waals surface area contributed by atoms with Crippen molar-refractivity contribution < 1.29 is 18.7 Å². The first-order chi connectivity index (χ1) is 9.55. The van der Waals surface area contributed by atoms with Gasteiger partial charge >= 0.3 is 11.6 Å². The fraction of sp³-hybridized carbons (Fsp3) is 0.333. The molecule has 1 aromatic carbocycles. The number of carbonyl (C=O) groups excluding carboxylic acids is 1. The quantitative estimate of drug-likeness (QED) is 0.634. The molecule has 0 fully saturated rings. The van der Waals surface area contributed by atoms with Crippen LogP contribution in [0.3, 0.4) is 0 Å². The minimum Gasteiger partial charge on any atom is -0.479 e. The zero-order chi connectivity index (χ0) is 14.7. The topological polar surface area (TPSA) is 65.7 Å². The van der Waals surface area contributed by atoms with Gasteiger partial charge in [-0.3, -0.25) is 0 Å². The Morgan fingerprint density at radius 3 is 2.75 bits per heavy atom. The summed E-state index contributed by atoms with van der Waals surface area (Å²) >= 11 is 0. The minimum absolute atomic E-state index is 0.410. The van der Waals surface area contributed by atoms with E-state index in [0.29, 0.717) is 17.8 Å². The van der Waals surface area contributed by atoms with E-state index in [2.05, 4.69) is 4.74 Å². The number of hydrogen-bond acceptors (Lipinski definition) is 5. The molecule has 0 aliphatic heterocycles. The Labute approximate surface area is 116 Å². The Morgan fingerprint density at radius 2 is 2.10 bits per heavy atom. The predicted octanol–water partition coefficient (Wildman–Crippen LogP) is 2.43. The molecule has 1 atom stereocenters. The molecule has 0 aliphatic rings. The van der Waals surface area contributed by atoms with Crippen molar-refractivity contribution in [3.63, 3.8) is 0 Å². The van der Waals surface area contributed by atoms with Gasteiger partial charge in [0.1, 0.15) is 11.3 Å². The van der Waals surface area contributed by atoms with Crippen LogP contribution in [0.1, 0.15) is 18.9 Å². The Morgan fingerprint density at radius 1 is 1.35 bits per heavy atom. The summed E-state index contributed by atoms with van der Waals surface area (Å²) in [6, 6.07) is 6.58. The summed E-state index contributed by atoms with van der Waals surface area (Å²) in [5.41, 5.74) is 0.863. The molecule has 0 bridgehead atoms. The lowest BCUT2D eigenvalue weighted by atomic mass is 10.1. The number of carbonyl (C=O) groups is 1. The summed E-state index contributed by atoms with van der Waals surface area (Å²) < 4.78 is 15.4. The number of aryl methyl sites for hydroxylation is 1. The maximum Gasteiger partial charge on any atom is 0.347 e. The van der Waals surface area contributed by atoms with Crippen molar-refractivity contribution in [2.75, 3.05) is 7.11 Å². The molecule has 2 aromatic rings. The third-order valence-electron chi connectivity index (χ3n) is 3.04. The highest BCUT2D eigenvalue weighted by Crippen LogP contribution is 2.23. The van der Waals surface area contributed by atoms with Gasteiger partial charge in [-0.25, -0.2) is 9.59 Å². The Bertz CT molecular complexity index is 686. The number of benzene rings is 1. The third-order valence-corrected chi connectivity index (χ3v) is 3.04. The van der Waals surface area contributed by atoms with Crippen molar-refractivity contribution in [2.45, 2.75) is 26.4 Å². The molecule has 0 saturated carbocycles. The van der Waals surface area contributed by atoms with E-state index in [4.69, 9.17) is 9.15 Å². The largest absolute Gasteiger partial charge is 0.479 e. The first kappa shape index (κ1) is 14.1. The van der Waals surface area contributed by atoms with Gasteiger partial charge in [-0.2, -0.15) is 0 Å². The molecule has 106 valence electrons. The number of esters is 1. The molecule has 5 heteroatoms. The van der Waals surface area contributed by atoms with E-state index in [9.17, 15) is 9.59 Å². The van der Waals surface area contributed by atoms with Crippen molar-refractivity contribution in [1.29, 1.82) is 0 Å². The van der Waals surface area contributed by atoms with E-state index in [1.165, 1.54) is 13.2 Å². The number of fused-ring (bicyclic) bond motifs is 1. The summed E-state index contributed by atoms with van der Waals surface area (Å²) in [6.07, 6.45) is -0.184. The van der Waals surface area contributed by atoms with E-state index in [-0.39, 0.29) is 0 Å². The maximum atomic E-state index is 11.5. The van der Waals surface area contributed by atoms with E-state index in [1.54, 1.807) is 18.2 Å². The van der Waals surface area contributed by atoms with Gasteiger partial charge in [-0.15, -0.1) is 0 Å². The molecule has 1 aromatic heterocycles. The summed E-state index contributed by atoms with van der Waals surface area (Å²) in [4.78, 5) is 22.9. The first-order valence-electron chi connectivity index (χ1n) is 6.34. The van der Waals surface area contributed by atoms with E-state index < -0.39 is 17.7 Å². The molecule has 0 N–H and O–H groups in total. The monoisotopic (exact) mass is 276 g/mol. The second-order valence-electron chi connectivity index (χ2n) is 4.44. The van der Waals surface area contributed by atoms with Gasteiger partial charge in [0.2, 0.25) is 0 Å². The lowest BCUT2D eigenvalue weighted by molar-refractivity contribution is -0.148. The molecular formula is C15H16O5. The van der Waals surface area contributed by atoms with Gasteiger partial charge in [0.05, 0.1) is 7.11 Å². The van der Waals surface area contributed by atoms with Crippen LogP contribution in [0.5, 0.6) is 5.75 Å². The van der Waals surface area contributed by atoms with Crippen molar-refractivity contribution >= 4 is 16.9 Å². The highest BCUT2D eigenvalue weighted by atomic mass is 16.6.